The Hall–Kier alpha value is -1.86. The van der Waals surface area contributed by atoms with Crippen molar-refractivity contribution in [2.45, 2.75) is 137 Å². The summed E-state index contributed by atoms with van der Waals surface area (Å²) in [4.78, 5) is 21.5. The summed E-state index contributed by atoms with van der Waals surface area (Å²) in [5.41, 5.74) is 1.71. The first-order chi connectivity index (χ1) is 22.2. The van der Waals surface area contributed by atoms with E-state index in [4.69, 9.17) is 6.57 Å². The molecule has 1 N–H and O–H groups in total. The number of fused-ring (bicyclic) bond motifs is 7. The van der Waals surface area contributed by atoms with E-state index in [2.05, 4.69) is 75.6 Å². The largest absolute Gasteiger partial charge is 0.393 e. The van der Waals surface area contributed by atoms with E-state index in [0.29, 0.717) is 48.1 Å². The van der Waals surface area contributed by atoms with Crippen LogP contribution in [0.2, 0.25) is 0 Å². The lowest BCUT2D eigenvalue weighted by molar-refractivity contribution is -0.248. The minimum atomic E-state index is -0.497. The highest BCUT2D eigenvalue weighted by atomic mass is 16.3. The van der Waals surface area contributed by atoms with Crippen molar-refractivity contribution in [3.63, 3.8) is 0 Å². The van der Waals surface area contributed by atoms with Gasteiger partial charge in [0.25, 0.3) is 5.54 Å². The Bertz CT molecular complexity index is 1430. The molecule has 4 nitrogen and oxygen atoms in total. The van der Waals surface area contributed by atoms with Crippen molar-refractivity contribution in [1.82, 2.24) is 4.90 Å². The van der Waals surface area contributed by atoms with Crippen LogP contribution in [0.3, 0.4) is 0 Å². The van der Waals surface area contributed by atoms with Crippen LogP contribution in [0.25, 0.3) is 4.85 Å². The second kappa shape index (κ2) is 10.6. The number of likely N-dealkylation sites (tertiary alicyclic amines) is 1. The lowest BCUT2D eigenvalue weighted by Gasteiger charge is -2.72. The van der Waals surface area contributed by atoms with Crippen molar-refractivity contribution in [1.29, 1.82) is 0 Å². The van der Waals surface area contributed by atoms with E-state index in [1.54, 1.807) is 0 Å². The first-order valence-corrected chi connectivity index (χ1v) is 19.7. The van der Waals surface area contributed by atoms with Crippen LogP contribution in [-0.4, -0.2) is 35.1 Å². The molecule has 0 aromatic heterocycles. The van der Waals surface area contributed by atoms with Crippen LogP contribution < -0.4 is 0 Å². The number of nitrogens with zero attached hydrogens (tertiary/aromatic N) is 2. The van der Waals surface area contributed by atoms with Crippen LogP contribution in [0.1, 0.15) is 131 Å². The normalized spacial score (nSPS) is 47.4. The van der Waals surface area contributed by atoms with Gasteiger partial charge in [0.05, 0.1) is 6.10 Å². The molecule has 0 spiro atoms. The molecule has 6 aliphatic carbocycles. The van der Waals surface area contributed by atoms with Crippen LogP contribution in [-0.2, 0) is 10.3 Å². The van der Waals surface area contributed by atoms with Gasteiger partial charge in [-0.2, -0.15) is 0 Å². The van der Waals surface area contributed by atoms with Crippen molar-refractivity contribution in [3.8, 4) is 0 Å². The maximum Gasteiger partial charge on any atom is 0.260 e. The zero-order chi connectivity index (χ0) is 33.2. The SMILES string of the molecule is [C-]#[N+]C1(c2ccccc2)CCN(C(=O)[C@H]2C[C@]3(C)[C@H](CC[C@@H]4[C@@]5(C)CC[C@H](O)C(C)(C)[C@@H]5CC[C@]43C)[C@@H]3C2CC[C@H]3C2(C)CC2)CC1. The molecule has 1 amide bonds. The molecule has 6 saturated carbocycles. The molecule has 8 rings (SSSR count). The van der Waals surface area contributed by atoms with Crippen molar-refractivity contribution < 1.29 is 9.90 Å². The second-order valence-electron chi connectivity index (χ2n) is 19.8. The Labute approximate surface area is 285 Å². The minimum Gasteiger partial charge on any atom is -0.393 e. The first kappa shape index (κ1) is 32.4. The lowest BCUT2D eigenvalue weighted by atomic mass is 9.32. The number of hydrogen-bond acceptors (Lipinski definition) is 2. The molecule has 0 bridgehead atoms. The van der Waals surface area contributed by atoms with E-state index in [0.717, 1.165) is 49.5 Å². The Balaban J connectivity index is 1.13. The Morgan fingerprint density at radius 3 is 2.13 bits per heavy atom. The van der Waals surface area contributed by atoms with Crippen LogP contribution in [0.4, 0.5) is 0 Å². The smallest absolute Gasteiger partial charge is 0.260 e. The van der Waals surface area contributed by atoms with Crippen molar-refractivity contribution in [2.75, 3.05) is 13.1 Å². The van der Waals surface area contributed by atoms with Gasteiger partial charge in [0.15, 0.2) is 0 Å². The number of rotatable bonds is 3. The van der Waals surface area contributed by atoms with Gasteiger partial charge in [-0.15, -0.1) is 0 Å². The molecular formula is C43H62N2O2. The van der Waals surface area contributed by atoms with E-state index in [1.165, 1.54) is 51.4 Å². The summed E-state index contributed by atoms with van der Waals surface area (Å²) in [7, 11) is 0. The van der Waals surface area contributed by atoms with Gasteiger partial charge < -0.3 is 14.9 Å². The van der Waals surface area contributed by atoms with Crippen LogP contribution in [0.5, 0.6) is 0 Å². The Morgan fingerprint density at radius 1 is 0.787 bits per heavy atom. The van der Waals surface area contributed by atoms with E-state index < -0.39 is 5.54 Å². The van der Waals surface area contributed by atoms with Crippen molar-refractivity contribution in [3.05, 3.63) is 47.3 Å². The molecule has 7 fully saturated rings. The molecule has 1 aromatic carbocycles. The number of amides is 1. The van der Waals surface area contributed by atoms with E-state index in [9.17, 15) is 5.11 Å². The van der Waals surface area contributed by atoms with Crippen LogP contribution in [0.15, 0.2) is 30.3 Å². The number of carbonyl (C=O) groups excluding carboxylic acids is 1. The molecule has 256 valence electrons. The van der Waals surface area contributed by atoms with E-state index in [-0.39, 0.29) is 33.7 Å². The fourth-order valence-corrected chi connectivity index (χ4v) is 14.9. The maximum atomic E-state index is 15.0. The number of carbonyl (C=O) groups is 1. The molecule has 4 heteroatoms. The Kier molecular flexibility index (Phi) is 7.28. The van der Waals surface area contributed by atoms with Gasteiger partial charge in [-0.25, -0.2) is 6.57 Å². The number of benzene rings is 1. The summed E-state index contributed by atoms with van der Waals surface area (Å²) in [6.07, 6.45) is 14.9. The third-order valence-electron chi connectivity index (χ3n) is 18.0. The highest BCUT2D eigenvalue weighted by Crippen LogP contribution is 2.78. The third-order valence-corrected chi connectivity index (χ3v) is 18.0. The number of hydrogen-bond donors (Lipinski definition) is 1. The highest BCUT2D eigenvalue weighted by Gasteiger charge is 2.71. The molecule has 7 aliphatic rings. The molecule has 0 radical (unpaired) electrons. The third kappa shape index (κ3) is 4.36. The minimum absolute atomic E-state index is 0.0338. The lowest BCUT2D eigenvalue weighted by Crippen LogP contribution is -2.67. The molecule has 1 unspecified atom stereocenters. The van der Waals surface area contributed by atoms with Gasteiger partial charge in [-0.1, -0.05) is 71.9 Å². The summed E-state index contributed by atoms with van der Waals surface area (Å²) in [5.74, 6) is 4.48. The summed E-state index contributed by atoms with van der Waals surface area (Å²) < 4.78 is 0. The zero-order valence-corrected chi connectivity index (χ0v) is 30.4. The number of aliphatic hydroxyl groups is 1. The predicted molar refractivity (Wildman–Crippen MR) is 188 cm³/mol. The highest BCUT2D eigenvalue weighted by molar-refractivity contribution is 5.80. The molecule has 1 heterocycles. The zero-order valence-electron chi connectivity index (χ0n) is 30.4. The molecule has 1 aromatic rings. The average molecular weight is 639 g/mol. The fraction of sp³-hybridized carbons (Fsp3) is 0.814. The first-order valence-electron chi connectivity index (χ1n) is 19.7. The van der Waals surface area contributed by atoms with E-state index >= 15 is 4.79 Å². The average Bonchev–Trinajstić information content (AvgIpc) is 3.65. The second-order valence-corrected chi connectivity index (χ2v) is 19.8. The van der Waals surface area contributed by atoms with Crippen LogP contribution >= 0.6 is 0 Å². The molecule has 1 saturated heterocycles. The summed E-state index contributed by atoms with van der Waals surface area (Å²) in [5, 5.41) is 11.2. The number of piperidine rings is 1. The van der Waals surface area contributed by atoms with Gasteiger partial charge >= 0.3 is 0 Å². The summed E-state index contributed by atoms with van der Waals surface area (Å²) in [6.45, 7) is 24.9. The van der Waals surface area contributed by atoms with Gasteiger partial charge in [0, 0.05) is 37.4 Å². The molecule has 11 atom stereocenters. The van der Waals surface area contributed by atoms with Crippen molar-refractivity contribution in [2.24, 2.45) is 68.5 Å². The molecular weight excluding hydrogens is 576 g/mol. The van der Waals surface area contributed by atoms with Crippen LogP contribution in [0, 0.1) is 75.1 Å². The van der Waals surface area contributed by atoms with Gasteiger partial charge in [0.1, 0.15) is 0 Å². The molecule has 1 aliphatic heterocycles. The quantitative estimate of drug-likeness (QED) is 0.335. The number of aliphatic hydroxyl groups excluding tert-OH is 1. The standard InChI is InChI=1S/C43H62N2O2/c1-38(2)33-17-20-41(5)34(40(33,4)19-18-35(38)46)16-15-32-36-29(13-14-31(36)39(3)21-22-39)30(27-42(32,41)6)37(47)45-25-23-43(44-7,24-26-45)28-11-9-8-10-12-28/h8-12,29-36,46H,13-27H2,1-6H3/t29?,30-,31+,32+,33-,34+,35-,36+,40-,41+,42+/m0/s1. The monoisotopic (exact) mass is 638 g/mol. The van der Waals surface area contributed by atoms with Gasteiger partial charge in [-0.3, -0.25) is 4.79 Å². The summed E-state index contributed by atoms with van der Waals surface area (Å²) >= 11 is 0. The summed E-state index contributed by atoms with van der Waals surface area (Å²) in [6, 6.07) is 10.4. The predicted octanol–water partition coefficient (Wildman–Crippen LogP) is 9.52. The fourth-order valence-electron chi connectivity index (χ4n) is 14.9. The van der Waals surface area contributed by atoms with E-state index in [1.807, 2.05) is 6.07 Å². The van der Waals surface area contributed by atoms with Crippen molar-refractivity contribution >= 4 is 5.91 Å². The van der Waals surface area contributed by atoms with Gasteiger partial charge in [0.2, 0.25) is 5.91 Å². The Morgan fingerprint density at radius 2 is 1.47 bits per heavy atom. The van der Waals surface area contributed by atoms with Gasteiger partial charge in [-0.05, 0) is 133 Å². The topological polar surface area (TPSA) is 44.9 Å². The maximum absolute atomic E-state index is 15.0. The molecule has 47 heavy (non-hydrogen) atoms.